The molecule has 0 spiro atoms. The molecule has 1 aromatic rings. The maximum Gasteiger partial charge on any atom is 0.416 e. The highest BCUT2D eigenvalue weighted by Crippen LogP contribution is 2.32. The van der Waals surface area contributed by atoms with E-state index in [1.807, 2.05) is 0 Å². The van der Waals surface area contributed by atoms with E-state index in [0.29, 0.717) is 10.2 Å². The number of benzene rings is 1. The Morgan fingerprint density at radius 2 is 2.00 bits per heavy atom. The van der Waals surface area contributed by atoms with Crippen LogP contribution in [0.4, 0.5) is 13.2 Å². The highest BCUT2D eigenvalue weighted by Gasteiger charge is 2.42. The molecule has 0 unspecified atom stereocenters. The molecule has 7 heteroatoms. The van der Waals surface area contributed by atoms with Crippen LogP contribution in [-0.2, 0) is 0 Å². The number of aliphatic hydroxyl groups excluding tert-OH is 1. The van der Waals surface area contributed by atoms with Crippen LogP contribution in [0.15, 0.2) is 22.7 Å². The third kappa shape index (κ3) is 3.34. The second-order valence-corrected chi connectivity index (χ2v) is 4.26. The van der Waals surface area contributed by atoms with E-state index >= 15 is 0 Å². The van der Waals surface area contributed by atoms with Gasteiger partial charge in [0.2, 0.25) is 0 Å². The van der Waals surface area contributed by atoms with Crippen LogP contribution in [0.1, 0.15) is 11.6 Å². The average molecular weight is 314 g/mol. The van der Waals surface area contributed by atoms with Gasteiger partial charge in [-0.25, -0.2) is 0 Å². The number of ether oxygens (including phenoxy) is 1. The van der Waals surface area contributed by atoms with Crippen LogP contribution in [0.3, 0.4) is 0 Å². The zero-order valence-electron chi connectivity index (χ0n) is 8.83. The first-order chi connectivity index (χ1) is 7.77. The molecule has 0 heterocycles. The third-order valence-electron chi connectivity index (χ3n) is 2.24. The Morgan fingerprint density at radius 3 is 2.41 bits per heavy atom. The summed E-state index contributed by atoms with van der Waals surface area (Å²) >= 11 is 3.13. The van der Waals surface area contributed by atoms with Gasteiger partial charge in [-0.05, 0) is 33.6 Å². The second kappa shape index (κ2) is 5.24. The molecule has 0 saturated heterocycles. The number of alkyl halides is 3. The molecule has 0 aromatic heterocycles. The zero-order chi connectivity index (χ0) is 13.2. The number of halogens is 4. The monoisotopic (exact) mass is 313 g/mol. The molecule has 0 radical (unpaired) electrons. The average Bonchev–Trinajstić information content (AvgIpc) is 2.25. The van der Waals surface area contributed by atoms with Gasteiger partial charge < -0.3 is 15.6 Å². The van der Waals surface area contributed by atoms with Crippen LogP contribution in [0.2, 0.25) is 0 Å². The molecule has 3 nitrogen and oxygen atoms in total. The number of methoxy groups -OCH3 is 1. The molecular weight excluding hydrogens is 303 g/mol. The van der Waals surface area contributed by atoms with E-state index in [1.54, 1.807) is 0 Å². The molecule has 3 N–H and O–H groups in total. The predicted octanol–water partition coefficient (Wildman–Crippen LogP) is 2.38. The van der Waals surface area contributed by atoms with Gasteiger partial charge in [0.25, 0.3) is 0 Å². The lowest BCUT2D eigenvalue weighted by molar-refractivity contribution is -0.210. The van der Waals surface area contributed by atoms with Crippen molar-refractivity contribution in [1.82, 2.24) is 0 Å². The van der Waals surface area contributed by atoms with Crippen molar-refractivity contribution in [2.45, 2.75) is 18.3 Å². The molecule has 0 amide bonds. The summed E-state index contributed by atoms with van der Waals surface area (Å²) in [5, 5.41) is 9.03. The Morgan fingerprint density at radius 1 is 1.41 bits per heavy atom. The fraction of sp³-hybridized carbons (Fsp3) is 0.400. The van der Waals surface area contributed by atoms with Gasteiger partial charge in [-0.1, -0.05) is 6.07 Å². The zero-order valence-corrected chi connectivity index (χ0v) is 10.4. The van der Waals surface area contributed by atoms with Gasteiger partial charge in [-0.3, -0.25) is 0 Å². The van der Waals surface area contributed by atoms with Gasteiger partial charge in [0, 0.05) is 0 Å². The highest BCUT2D eigenvalue weighted by molar-refractivity contribution is 9.10. The molecule has 0 fully saturated rings. The van der Waals surface area contributed by atoms with E-state index in [4.69, 9.17) is 15.6 Å². The summed E-state index contributed by atoms with van der Waals surface area (Å²) in [4.78, 5) is 0. The molecular formula is C10H11BrF3NO2. The largest absolute Gasteiger partial charge is 0.496 e. The number of nitrogens with two attached hydrogens (primary N) is 1. The number of hydrogen-bond acceptors (Lipinski definition) is 3. The summed E-state index contributed by atoms with van der Waals surface area (Å²) in [5.41, 5.74) is 5.52. The van der Waals surface area contributed by atoms with Crippen LogP contribution in [0.25, 0.3) is 0 Å². The smallest absolute Gasteiger partial charge is 0.416 e. The number of hydrogen-bond donors (Lipinski definition) is 2. The van der Waals surface area contributed by atoms with Crippen LogP contribution in [-0.4, -0.2) is 24.5 Å². The topological polar surface area (TPSA) is 55.5 Å². The molecule has 0 bridgehead atoms. The third-order valence-corrected chi connectivity index (χ3v) is 2.86. The molecule has 0 aliphatic carbocycles. The van der Waals surface area contributed by atoms with Gasteiger partial charge in [-0.2, -0.15) is 13.2 Å². The second-order valence-electron chi connectivity index (χ2n) is 3.41. The lowest BCUT2D eigenvalue weighted by Gasteiger charge is -2.22. The standard InChI is InChI=1S/C10H11BrF3NO2/c1-17-7-3-2-5(4-6(7)11)8(15)9(16)10(12,13)14/h2-4,8-9,16H,15H2,1H3/t8-,9-/m0/s1. The summed E-state index contributed by atoms with van der Waals surface area (Å²) in [7, 11) is 1.43. The first kappa shape index (κ1) is 14.3. The Labute approximate surface area is 105 Å². The molecule has 2 atom stereocenters. The summed E-state index contributed by atoms with van der Waals surface area (Å²) in [6.45, 7) is 0. The number of aliphatic hydroxyl groups is 1. The van der Waals surface area contributed by atoms with Crippen molar-refractivity contribution in [2.24, 2.45) is 5.73 Å². The van der Waals surface area contributed by atoms with Crippen LogP contribution < -0.4 is 10.5 Å². The van der Waals surface area contributed by atoms with Gasteiger partial charge in [-0.15, -0.1) is 0 Å². The first-order valence-corrected chi connectivity index (χ1v) is 5.40. The minimum absolute atomic E-state index is 0.169. The predicted molar refractivity (Wildman–Crippen MR) is 59.7 cm³/mol. The lowest BCUT2D eigenvalue weighted by Crippen LogP contribution is -2.38. The van der Waals surface area contributed by atoms with Crippen LogP contribution >= 0.6 is 15.9 Å². The summed E-state index contributed by atoms with van der Waals surface area (Å²) in [6.07, 6.45) is -7.34. The summed E-state index contributed by atoms with van der Waals surface area (Å²) < 4.78 is 42.2. The van der Waals surface area contributed by atoms with Gasteiger partial charge >= 0.3 is 6.18 Å². The van der Waals surface area contributed by atoms with E-state index in [-0.39, 0.29) is 5.56 Å². The highest BCUT2D eigenvalue weighted by atomic mass is 79.9. The van der Waals surface area contributed by atoms with E-state index in [9.17, 15) is 13.2 Å². The first-order valence-electron chi connectivity index (χ1n) is 4.61. The molecule has 17 heavy (non-hydrogen) atoms. The summed E-state index contributed by atoms with van der Waals surface area (Å²) in [6, 6.07) is 2.71. The van der Waals surface area contributed by atoms with Crippen molar-refractivity contribution in [3.8, 4) is 5.75 Å². The van der Waals surface area contributed by atoms with Gasteiger partial charge in [0.1, 0.15) is 5.75 Å². The SMILES string of the molecule is COc1ccc([C@H](N)[C@H](O)C(F)(F)F)cc1Br. The Bertz CT molecular complexity index is 398. The maximum atomic E-state index is 12.3. The molecule has 96 valence electrons. The normalized spacial score (nSPS) is 15.5. The van der Waals surface area contributed by atoms with Gasteiger partial charge in [0.15, 0.2) is 6.10 Å². The molecule has 0 aliphatic rings. The minimum Gasteiger partial charge on any atom is -0.496 e. The Balaban J connectivity index is 2.97. The number of rotatable bonds is 3. The van der Waals surface area contributed by atoms with Crippen LogP contribution in [0, 0.1) is 0 Å². The van der Waals surface area contributed by atoms with Crippen molar-refractivity contribution in [2.75, 3.05) is 7.11 Å². The van der Waals surface area contributed by atoms with E-state index in [0.717, 1.165) is 0 Å². The maximum absolute atomic E-state index is 12.3. The van der Waals surface area contributed by atoms with Crippen molar-refractivity contribution in [3.05, 3.63) is 28.2 Å². The fourth-order valence-corrected chi connectivity index (χ4v) is 1.83. The van der Waals surface area contributed by atoms with Crippen LogP contribution in [0.5, 0.6) is 5.75 Å². The Kier molecular flexibility index (Phi) is 4.40. The van der Waals surface area contributed by atoms with Crippen molar-refractivity contribution in [3.63, 3.8) is 0 Å². The van der Waals surface area contributed by atoms with Gasteiger partial charge in [0.05, 0.1) is 17.6 Å². The van der Waals surface area contributed by atoms with E-state index in [2.05, 4.69) is 15.9 Å². The minimum atomic E-state index is -4.74. The molecule has 1 aromatic carbocycles. The molecule has 1 rings (SSSR count). The molecule has 0 aliphatic heterocycles. The molecule has 0 saturated carbocycles. The van der Waals surface area contributed by atoms with Crippen molar-refractivity contribution >= 4 is 15.9 Å². The van der Waals surface area contributed by atoms with Crippen molar-refractivity contribution < 1.29 is 23.0 Å². The lowest BCUT2D eigenvalue weighted by atomic mass is 10.0. The Hall–Kier alpha value is -0.790. The van der Waals surface area contributed by atoms with E-state index < -0.39 is 18.3 Å². The van der Waals surface area contributed by atoms with Crippen molar-refractivity contribution in [1.29, 1.82) is 0 Å². The summed E-state index contributed by atoms with van der Waals surface area (Å²) in [5.74, 6) is 0.474. The van der Waals surface area contributed by atoms with E-state index in [1.165, 1.54) is 25.3 Å². The quantitative estimate of drug-likeness (QED) is 0.901. The fourth-order valence-electron chi connectivity index (χ4n) is 1.28.